The Kier molecular flexibility index (Phi) is 2.38. The van der Waals surface area contributed by atoms with E-state index in [1.165, 1.54) is 25.7 Å². The highest BCUT2D eigenvalue weighted by atomic mass is 16.4. The summed E-state index contributed by atoms with van der Waals surface area (Å²) in [5.74, 6) is 3.44. The van der Waals surface area contributed by atoms with Gasteiger partial charge in [0.15, 0.2) is 5.89 Å². The molecular weight excluding hydrogens is 162 g/mol. The van der Waals surface area contributed by atoms with E-state index < -0.39 is 0 Å². The summed E-state index contributed by atoms with van der Waals surface area (Å²) in [4.78, 5) is 4.14. The second-order valence-electron chi connectivity index (χ2n) is 4.24. The van der Waals surface area contributed by atoms with Gasteiger partial charge in [-0.15, -0.1) is 0 Å². The second kappa shape index (κ2) is 3.52. The van der Waals surface area contributed by atoms with E-state index in [0.717, 1.165) is 17.6 Å². The Balaban J connectivity index is 2.02. The lowest BCUT2D eigenvalue weighted by atomic mass is 9.82. The zero-order valence-electron chi connectivity index (χ0n) is 8.42. The van der Waals surface area contributed by atoms with Crippen molar-refractivity contribution in [3.8, 4) is 0 Å². The maximum atomic E-state index is 5.55. The van der Waals surface area contributed by atoms with Gasteiger partial charge in [0.2, 0.25) is 0 Å². The summed E-state index contributed by atoms with van der Waals surface area (Å²) in [7, 11) is 0. The van der Waals surface area contributed by atoms with E-state index in [1.807, 2.05) is 13.1 Å². The van der Waals surface area contributed by atoms with E-state index in [1.54, 1.807) is 0 Å². The van der Waals surface area contributed by atoms with Crippen LogP contribution in [0.3, 0.4) is 0 Å². The summed E-state index contributed by atoms with van der Waals surface area (Å²) in [6.07, 6.45) is 7.12. The molecule has 0 saturated heterocycles. The molecule has 0 aromatic carbocycles. The number of hydrogen-bond acceptors (Lipinski definition) is 2. The van der Waals surface area contributed by atoms with E-state index in [9.17, 15) is 0 Å². The van der Waals surface area contributed by atoms with Gasteiger partial charge in [-0.25, -0.2) is 4.98 Å². The number of oxazole rings is 1. The smallest absolute Gasteiger partial charge is 0.191 e. The molecule has 1 aromatic heterocycles. The highest BCUT2D eigenvalue weighted by molar-refractivity contribution is 5.02. The summed E-state index contributed by atoms with van der Waals surface area (Å²) in [6.45, 7) is 4.25. The maximum absolute atomic E-state index is 5.55. The van der Waals surface area contributed by atoms with Gasteiger partial charge in [0, 0.05) is 12.8 Å². The summed E-state index contributed by atoms with van der Waals surface area (Å²) >= 11 is 0. The highest BCUT2D eigenvalue weighted by Gasteiger charge is 2.22. The summed E-state index contributed by atoms with van der Waals surface area (Å²) in [5.41, 5.74) is 0. The molecule has 2 rings (SSSR count). The van der Waals surface area contributed by atoms with E-state index in [-0.39, 0.29) is 0 Å². The van der Waals surface area contributed by atoms with E-state index in [2.05, 4.69) is 11.9 Å². The van der Waals surface area contributed by atoms with E-state index in [0.29, 0.717) is 5.92 Å². The Labute approximate surface area is 79.4 Å². The van der Waals surface area contributed by atoms with Crippen LogP contribution < -0.4 is 0 Å². The largest absolute Gasteiger partial charge is 0.446 e. The predicted octanol–water partition coefficient (Wildman–Crippen LogP) is 3.28. The maximum Gasteiger partial charge on any atom is 0.191 e. The summed E-state index contributed by atoms with van der Waals surface area (Å²) in [6, 6.07) is 0. The fraction of sp³-hybridized carbons (Fsp3) is 0.727. The van der Waals surface area contributed by atoms with Crippen molar-refractivity contribution in [1.29, 1.82) is 0 Å². The molecule has 2 nitrogen and oxygen atoms in total. The van der Waals surface area contributed by atoms with E-state index >= 15 is 0 Å². The Hall–Kier alpha value is -0.790. The number of hydrogen-bond donors (Lipinski definition) is 0. The van der Waals surface area contributed by atoms with Crippen molar-refractivity contribution in [2.45, 2.75) is 45.4 Å². The topological polar surface area (TPSA) is 26.0 Å². The molecule has 0 radical (unpaired) electrons. The number of nitrogens with zero attached hydrogens (tertiary/aromatic N) is 1. The van der Waals surface area contributed by atoms with Crippen LogP contribution in [0.25, 0.3) is 0 Å². The lowest BCUT2D eigenvalue weighted by Crippen LogP contribution is -2.10. The lowest BCUT2D eigenvalue weighted by molar-refractivity contribution is 0.311. The Morgan fingerprint density at radius 2 is 2.00 bits per heavy atom. The van der Waals surface area contributed by atoms with Crippen molar-refractivity contribution in [3.05, 3.63) is 17.8 Å². The van der Waals surface area contributed by atoms with Crippen LogP contribution in [-0.2, 0) is 0 Å². The van der Waals surface area contributed by atoms with Crippen molar-refractivity contribution in [1.82, 2.24) is 4.98 Å². The van der Waals surface area contributed by atoms with Crippen molar-refractivity contribution in [2.24, 2.45) is 5.92 Å². The van der Waals surface area contributed by atoms with Crippen LogP contribution in [0.4, 0.5) is 0 Å². The quantitative estimate of drug-likeness (QED) is 0.661. The molecule has 0 unspecified atom stereocenters. The summed E-state index contributed by atoms with van der Waals surface area (Å²) < 4.78 is 5.55. The zero-order chi connectivity index (χ0) is 9.26. The van der Waals surface area contributed by atoms with Crippen molar-refractivity contribution in [2.75, 3.05) is 0 Å². The molecule has 1 aromatic rings. The first kappa shape index (κ1) is 8.79. The third kappa shape index (κ3) is 1.93. The molecule has 0 spiro atoms. The van der Waals surface area contributed by atoms with Gasteiger partial charge in [0.1, 0.15) is 5.76 Å². The van der Waals surface area contributed by atoms with Crippen LogP contribution in [0.2, 0.25) is 0 Å². The minimum atomic E-state index is 0.636. The molecule has 13 heavy (non-hydrogen) atoms. The number of rotatable bonds is 1. The fourth-order valence-corrected chi connectivity index (χ4v) is 2.11. The molecule has 1 fully saturated rings. The Bertz CT molecular complexity index is 271. The summed E-state index contributed by atoms with van der Waals surface area (Å²) in [5, 5.41) is 0. The van der Waals surface area contributed by atoms with Crippen LogP contribution in [0.1, 0.15) is 50.2 Å². The molecule has 0 N–H and O–H groups in total. The number of aromatic nitrogens is 1. The molecule has 0 amide bonds. The first-order chi connectivity index (χ1) is 6.25. The van der Waals surface area contributed by atoms with Gasteiger partial charge in [-0.2, -0.15) is 0 Å². The van der Waals surface area contributed by atoms with Crippen LogP contribution >= 0.6 is 0 Å². The molecule has 72 valence electrons. The van der Waals surface area contributed by atoms with Gasteiger partial charge in [-0.3, -0.25) is 0 Å². The van der Waals surface area contributed by atoms with E-state index in [4.69, 9.17) is 4.42 Å². The van der Waals surface area contributed by atoms with Gasteiger partial charge >= 0.3 is 0 Å². The first-order valence-corrected chi connectivity index (χ1v) is 5.18. The fourth-order valence-electron chi connectivity index (χ4n) is 2.11. The van der Waals surface area contributed by atoms with Crippen molar-refractivity contribution < 1.29 is 4.42 Å². The highest BCUT2D eigenvalue weighted by Crippen LogP contribution is 2.35. The van der Waals surface area contributed by atoms with Crippen LogP contribution in [0.15, 0.2) is 10.6 Å². The minimum Gasteiger partial charge on any atom is -0.446 e. The van der Waals surface area contributed by atoms with Crippen molar-refractivity contribution in [3.63, 3.8) is 0 Å². The molecule has 2 heteroatoms. The van der Waals surface area contributed by atoms with Gasteiger partial charge in [-0.1, -0.05) is 19.8 Å². The Morgan fingerprint density at radius 3 is 2.54 bits per heavy atom. The molecule has 1 heterocycles. The third-order valence-electron chi connectivity index (χ3n) is 3.06. The molecular formula is C11H17NO. The first-order valence-electron chi connectivity index (χ1n) is 5.18. The standard InChI is InChI=1S/C11H17NO/c1-8-3-5-10(6-4-8)11-7-12-9(2)13-11/h7-8,10H,3-6H2,1-2H3. The average molecular weight is 179 g/mol. The molecule has 0 aliphatic heterocycles. The molecule has 0 atom stereocenters. The molecule has 1 saturated carbocycles. The van der Waals surface area contributed by atoms with Gasteiger partial charge in [-0.05, 0) is 18.8 Å². The van der Waals surface area contributed by atoms with Crippen LogP contribution in [-0.4, -0.2) is 4.98 Å². The monoisotopic (exact) mass is 179 g/mol. The molecule has 0 bridgehead atoms. The minimum absolute atomic E-state index is 0.636. The van der Waals surface area contributed by atoms with Crippen LogP contribution in [0.5, 0.6) is 0 Å². The normalized spacial score (nSPS) is 29.1. The lowest BCUT2D eigenvalue weighted by Gasteiger charge is -2.24. The van der Waals surface area contributed by atoms with Crippen molar-refractivity contribution >= 4 is 0 Å². The number of aryl methyl sites for hydroxylation is 1. The molecule has 1 aliphatic rings. The zero-order valence-corrected chi connectivity index (χ0v) is 8.42. The Morgan fingerprint density at radius 1 is 1.31 bits per heavy atom. The average Bonchev–Trinajstić information content (AvgIpc) is 2.53. The van der Waals surface area contributed by atoms with Gasteiger partial charge < -0.3 is 4.42 Å². The third-order valence-corrected chi connectivity index (χ3v) is 3.06. The predicted molar refractivity (Wildman–Crippen MR) is 51.6 cm³/mol. The SMILES string of the molecule is Cc1ncc(C2CCC(C)CC2)o1. The second-order valence-corrected chi connectivity index (χ2v) is 4.24. The van der Waals surface area contributed by atoms with Gasteiger partial charge in [0.25, 0.3) is 0 Å². The molecule has 1 aliphatic carbocycles. The van der Waals surface area contributed by atoms with Gasteiger partial charge in [0.05, 0.1) is 6.20 Å². The van der Waals surface area contributed by atoms with Crippen LogP contribution in [0, 0.1) is 12.8 Å².